The summed E-state index contributed by atoms with van der Waals surface area (Å²) >= 11 is 0. The molecule has 0 spiro atoms. The fraction of sp³-hybridized carbons (Fsp3) is 0.455. The van der Waals surface area contributed by atoms with E-state index in [0.29, 0.717) is 44.2 Å². The molecule has 0 unspecified atom stereocenters. The number of carbonyl (C=O) groups is 1. The molecule has 0 saturated carbocycles. The van der Waals surface area contributed by atoms with Gasteiger partial charge in [-0.05, 0) is 30.7 Å². The first kappa shape index (κ1) is 18.4. The van der Waals surface area contributed by atoms with Gasteiger partial charge in [0.25, 0.3) is 5.91 Å². The van der Waals surface area contributed by atoms with Crippen LogP contribution in [0.2, 0.25) is 0 Å². The molecule has 152 valence electrons. The Balaban J connectivity index is 1.21. The zero-order valence-corrected chi connectivity index (χ0v) is 16.4. The lowest BCUT2D eigenvalue weighted by molar-refractivity contribution is -0.00461. The second kappa shape index (κ2) is 7.65. The number of hydrogen-bond acceptors (Lipinski definition) is 6. The highest BCUT2D eigenvalue weighted by Crippen LogP contribution is 2.32. The first-order chi connectivity index (χ1) is 14.2. The molecule has 0 bridgehead atoms. The molecule has 4 heterocycles. The number of carbonyl (C=O) groups excluding carboxylic acids is 1. The molecule has 5 rings (SSSR count). The van der Waals surface area contributed by atoms with Gasteiger partial charge in [-0.25, -0.2) is 0 Å². The van der Waals surface area contributed by atoms with Gasteiger partial charge in [-0.1, -0.05) is 12.1 Å². The monoisotopic (exact) mass is 396 g/mol. The molecule has 1 aromatic carbocycles. The number of pyridine rings is 1. The molecule has 3 aliphatic heterocycles. The summed E-state index contributed by atoms with van der Waals surface area (Å²) < 4.78 is 23.7. The fourth-order valence-corrected chi connectivity index (χ4v) is 4.08. The number of nitrogens with zero attached hydrogens (tertiary/aromatic N) is 2. The third-order valence-electron chi connectivity index (χ3n) is 5.63. The van der Waals surface area contributed by atoms with Crippen molar-refractivity contribution < 1.29 is 23.7 Å². The molecule has 29 heavy (non-hydrogen) atoms. The average Bonchev–Trinajstić information content (AvgIpc) is 3.34. The summed E-state index contributed by atoms with van der Waals surface area (Å²) in [7, 11) is 0. The summed E-state index contributed by atoms with van der Waals surface area (Å²) in [6, 6.07) is 9.58. The van der Waals surface area contributed by atoms with Crippen LogP contribution >= 0.6 is 0 Å². The molecule has 2 fully saturated rings. The Labute approximate surface area is 169 Å². The summed E-state index contributed by atoms with van der Waals surface area (Å²) in [5.74, 6) is 1.41. The van der Waals surface area contributed by atoms with E-state index in [1.165, 1.54) is 0 Å². The van der Waals surface area contributed by atoms with Crippen molar-refractivity contribution >= 4 is 5.91 Å². The minimum Gasteiger partial charge on any atom is -0.492 e. The van der Waals surface area contributed by atoms with Crippen LogP contribution in [0.25, 0.3) is 0 Å². The summed E-state index contributed by atoms with van der Waals surface area (Å²) in [5.41, 5.74) is 2.67. The van der Waals surface area contributed by atoms with Crippen molar-refractivity contribution in [3.8, 4) is 11.5 Å². The van der Waals surface area contributed by atoms with Crippen molar-refractivity contribution in [3.05, 3.63) is 53.3 Å². The van der Waals surface area contributed by atoms with Gasteiger partial charge < -0.3 is 23.8 Å². The number of likely N-dealkylation sites (tertiary alicyclic amines) is 1. The van der Waals surface area contributed by atoms with Crippen LogP contribution in [-0.4, -0.2) is 67.0 Å². The van der Waals surface area contributed by atoms with Crippen molar-refractivity contribution in [3.63, 3.8) is 0 Å². The Morgan fingerprint density at radius 2 is 1.93 bits per heavy atom. The summed E-state index contributed by atoms with van der Waals surface area (Å²) in [5, 5.41) is 0. The number of hydrogen-bond donors (Lipinski definition) is 0. The van der Waals surface area contributed by atoms with Gasteiger partial charge >= 0.3 is 0 Å². The predicted molar refractivity (Wildman–Crippen MR) is 104 cm³/mol. The molecule has 0 N–H and O–H groups in total. The molecule has 2 atom stereocenters. The molecule has 3 aliphatic rings. The molecular formula is C22H24N2O5. The van der Waals surface area contributed by atoms with Gasteiger partial charge in [0.05, 0.1) is 31.6 Å². The van der Waals surface area contributed by atoms with Crippen molar-refractivity contribution in [1.29, 1.82) is 0 Å². The van der Waals surface area contributed by atoms with Gasteiger partial charge in [-0.15, -0.1) is 0 Å². The number of para-hydroxylation sites is 1. The molecule has 0 aliphatic carbocycles. The Bertz CT molecular complexity index is 885. The number of benzene rings is 1. The zero-order chi connectivity index (χ0) is 19.8. The lowest BCUT2D eigenvalue weighted by Gasteiger charge is -2.20. The van der Waals surface area contributed by atoms with E-state index in [2.05, 4.69) is 4.98 Å². The second-order valence-corrected chi connectivity index (χ2v) is 7.72. The van der Waals surface area contributed by atoms with Gasteiger partial charge in [0, 0.05) is 25.2 Å². The molecule has 2 saturated heterocycles. The van der Waals surface area contributed by atoms with Gasteiger partial charge in [0.2, 0.25) is 0 Å². The van der Waals surface area contributed by atoms with E-state index in [1.807, 2.05) is 37.3 Å². The van der Waals surface area contributed by atoms with Crippen LogP contribution in [0.3, 0.4) is 0 Å². The smallest absolute Gasteiger partial charge is 0.257 e. The van der Waals surface area contributed by atoms with E-state index < -0.39 is 0 Å². The van der Waals surface area contributed by atoms with E-state index in [9.17, 15) is 4.79 Å². The average molecular weight is 396 g/mol. The van der Waals surface area contributed by atoms with Crippen LogP contribution in [0, 0.1) is 6.92 Å². The maximum Gasteiger partial charge on any atom is 0.257 e. The number of fused-ring (bicyclic) bond motifs is 2. The maximum atomic E-state index is 13.1. The second-order valence-electron chi connectivity index (χ2n) is 7.72. The molecule has 2 aromatic rings. The zero-order valence-electron chi connectivity index (χ0n) is 16.4. The van der Waals surface area contributed by atoms with Gasteiger partial charge in [-0.2, -0.15) is 0 Å². The van der Waals surface area contributed by atoms with E-state index in [1.54, 1.807) is 11.1 Å². The van der Waals surface area contributed by atoms with Crippen LogP contribution in [-0.2, 0) is 15.9 Å². The Hall–Kier alpha value is -2.64. The Morgan fingerprint density at radius 3 is 2.66 bits per heavy atom. The first-order valence-corrected chi connectivity index (χ1v) is 10.0. The number of rotatable bonds is 3. The highest BCUT2D eigenvalue weighted by atomic mass is 16.6. The van der Waals surface area contributed by atoms with Crippen molar-refractivity contribution in [1.82, 2.24) is 9.88 Å². The molecule has 0 radical (unpaired) electrons. The van der Waals surface area contributed by atoms with Crippen molar-refractivity contribution in [2.24, 2.45) is 0 Å². The van der Waals surface area contributed by atoms with E-state index in [4.69, 9.17) is 18.9 Å². The lowest BCUT2D eigenvalue weighted by Crippen LogP contribution is -2.33. The Kier molecular flexibility index (Phi) is 4.85. The molecular weight excluding hydrogens is 372 g/mol. The third kappa shape index (κ3) is 3.68. The minimum absolute atomic E-state index is 0.0254. The minimum atomic E-state index is -0.194. The van der Waals surface area contributed by atoms with Crippen LogP contribution in [0.4, 0.5) is 0 Å². The maximum absolute atomic E-state index is 13.1. The standard InChI is InChI=1S/C22H24N2O5/c1-14-5-6-16(9-23-14)29-17-12-27-19-10-24(11-20(19)28-13-17)22(25)18-4-2-3-15-7-8-26-21(15)18/h2-6,9,17,19-20H,7-8,10-13H2,1H3/t19-,20-/m0/s1. The quantitative estimate of drug-likeness (QED) is 0.791. The summed E-state index contributed by atoms with van der Waals surface area (Å²) in [6.07, 6.45) is 2.07. The van der Waals surface area contributed by atoms with Crippen LogP contribution in [0.15, 0.2) is 36.5 Å². The normalized spacial score (nSPS) is 23.8. The largest absolute Gasteiger partial charge is 0.492 e. The van der Waals surface area contributed by atoms with Crippen LogP contribution in [0.5, 0.6) is 11.5 Å². The Morgan fingerprint density at radius 1 is 1.14 bits per heavy atom. The fourth-order valence-electron chi connectivity index (χ4n) is 4.08. The number of aryl methyl sites for hydroxylation is 1. The highest BCUT2D eigenvalue weighted by Gasteiger charge is 2.40. The topological polar surface area (TPSA) is 70.1 Å². The molecule has 7 nitrogen and oxygen atoms in total. The first-order valence-electron chi connectivity index (χ1n) is 10.0. The van der Waals surface area contributed by atoms with Gasteiger partial charge in [0.1, 0.15) is 29.8 Å². The number of ether oxygens (including phenoxy) is 4. The van der Waals surface area contributed by atoms with Gasteiger partial charge in [-0.3, -0.25) is 9.78 Å². The molecule has 1 aromatic heterocycles. The van der Waals surface area contributed by atoms with Gasteiger partial charge in [0.15, 0.2) is 0 Å². The molecule has 1 amide bonds. The van der Waals surface area contributed by atoms with Crippen LogP contribution < -0.4 is 9.47 Å². The van der Waals surface area contributed by atoms with E-state index >= 15 is 0 Å². The van der Waals surface area contributed by atoms with E-state index in [0.717, 1.165) is 23.4 Å². The van der Waals surface area contributed by atoms with E-state index in [-0.39, 0.29) is 24.2 Å². The number of aromatic nitrogens is 1. The number of amides is 1. The SMILES string of the molecule is Cc1ccc(OC2CO[C@H]3CN(C(=O)c4cccc5c4OCC5)C[C@@H]3OC2)cn1. The summed E-state index contributed by atoms with van der Waals surface area (Å²) in [4.78, 5) is 19.1. The predicted octanol–water partition coefficient (Wildman–Crippen LogP) is 2.01. The highest BCUT2D eigenvalue weighted by molar-refractivity contribution is 5.97. The van der Waals surface area contributed by atoms with Crippen LogP contribution in [0.1, 0.15) is 21.6 Å². The lowest BCUT2D eigenvalue weighted by atomic mass is 10.1. The van der Waals surface area contributed by atoms with Crippen molar-refractivity contribution in [2.45, 2.75) is 31.7 Å². The summed E-state index contributed by atoms with van der Waals surface area (Å²) in [6.45, 7) is 4.42. The third-order valence-corrected chi connectivity index (χ3v) is 5.63. The molecule has 7 heteroatoms. The van der Waals surface area contributed by atoms with Crippen molar-refractivity contribution in [2.75, 3.05) is 32.9 Å².